The van der Waals surface area contributed by atoms with Gasteiger partial charge in [0.05, 0.1) is 6.04 Å². The molecule has 3 heterocycles. The van der Waals surface area contributed by atoms with Crippen LogP contribution in [0.3, 0.4) is 0 Å². The number of anilines is 2. The number of carbonyl (C=O) groups excluding carboxylic acids is 1. The summed E-state index contributed by atoms with van der Waals surface area (Å²) in [5.41, 5.74) is 2.51. The van der Waals surface area contributed by atoms with Gasteiger partial charge in [-0.2, -0.15) is 0 Å². The maximum atomic E-state index is 14.4. The zero-order chi connectivity index (χ0) is 24.9. The number of thiophene rings is 1. The Bertz CT molecular complexity index is 1300. The Kier molecular flexibility index (Phi) is 7.39. The van der Waals surface area contributed by atoms with E-state index in [4.69, 9.17) is 0 Å². The molecule has 36 heavy (non-hydrogen) atoms. The standard InChI is InChI=1S/C29H29FN4OS/c1-2-24-20-25(29(36-24)32-28(35)21-9-4-3-5-10-21)27(22-11-8-12-23(30)19-22)34-17-15-33(16-18-34)26-13-6-7-14-31-26/h3-14,19-20,27H,2,15-18H2,1H3,(H,32,35)/t27-/m1/s1. The summed E-state index contributed by atoms with van der Waals surface area (Å²) < 4.78 is 14.4. The molecule has 0 unspecified atom stereocenters. The molecule has 0 spiro atoms. The van der Waals surface area contributed by atoms with Crippen LogP contribution in [0.2, 0.25) is 0 Å². The third-order valence-electron chi connectivity index (χ3n) is 6.54. The summed E-state index contributed by atoms with van der Waals surface area (Å²) in [5, 5.41) is 3.98. The number of aromatic nitrogens is 1. The van der Waals surface area contributed by atoms with Gasteiger partial charge in [0, 0.05) is 48.4 Å². The molecule has 5 nitrogen and oxygen atoms in total. The van der Waals surface area contributed by atoms with E-state index in [0.29, 0.717) is 5.56 Å². The number of nitrogens with zero attached hydrogens (tertiary/aromatic N) is 3. The zero-order valence-corrected chi connectivity index (χ0v) is 21.0. The topological polar surface area (TPSA) is 48.5 Å². The van der Waals surface area contributed by atoms with Gasteiger partial charge < -0.3 is 10.2 Å². The first-order chi connectivity index (χ1) is 17.6. The quantitative estimate of drug-likeness (QED) is 0.338. The lowest BCUT2D eigenvalue weighted by molar-refractivity contribution is 0.102. The largest absolute Gasteiger partial charge is 0.354 e. The Morgan fingerprint density at radius 2 is 1.78 bits per heavy atom. The fourth-order valence-corrected chi connectivity index (χ4v) is 5.74. The minimum Gasteiger partial charge on any atom is -0.354 e. The maximum absolute atomic E-state index is 14.4. The molecule has 7 heteroatoms. The third-order valence-corrected chi connectivity index (χ3v) is 7.75. The number of amides is 1. The highest BCUT2D eigenvalue weighted by Gasteiger charge is 2.30. The van der Waals surface area contributed by atoms with E-state index in [2.05, 4.69) is 33.1 Å². The molecule has 1 amide bonds. The number of piperazine rings is 1. The van der Waals surface area contributed by atoms with Gasteiger partial charge in [0.15, 0.2) is 0 Å². The van der Waals surface area contributed by atoms with Crippen molar-refractivity contribution in [1.29, 1.82) is 0 Å². The summed E-state index contributed by atoms with van der Waals surface area (Å²) in [6, 6.07) is 24.0. The van der Waals surface area contributed by atoms with Crippen LogP contribution in [0.5, 0.6) is 0 Å². The molecule has 1 aliphatic heterocycles. The molecule has 184 valence electrons. The lowest BCUT2D eigenvalue weighted by Gasteiger charge is -2.40. The number of carbonyl (C=O) groups is 1. The summed E-state index contributed by atoms with van der Waals surface area (Å²) >= 11 is 1.60. The van der Waals surface area contributed by atoms with Gasteiger partial charge in [0.1, 0.15) is 16.6 Å². The summed E-state index contributed by atoms with van der Waals surface area (Å²) in [6.07, 6.45) is 2.68. The average Bonchev–Trinajstić information content (AvgIpc) is 3.32. The molecule has 4 aromatic rings. The number of hydrogen-bond acceptors (Lipinski definition) is 5. The van der Waals surface area contributed by atoms with Gasteiger partial charge in [0.25, 0.3) is 5.91 Å². The molecular weight excluding hydrogens is 471 g/mol. The van der Waals surface area contributed by atoms with Crippen LogP contribution >= 0.6 is 11.3 Å². The van der Waals surface area contributed by atoms with Crippen molar-refractivity contribution in [2.75, 3.05) is 36.4 Å². The van der Waals surface area contributed by atoms with Crippen molar-refractivity contribution in [1.82, 2.24) is 9.88 Å². The molecule has 1 aliphatic rings. The van der Waals surface area contributed by atoms with Crippen LogP contribution in [0.15, 0.2) is 85.1 Å². The smallest absolute Gasteiger partial charge is 0.256 e. The van der Waals surface area contributed by atoms with Gasteiger partial charge in [-0.15, -0.1) is 11.3 Å². The second-order valence-electron chi connectivity index (χ2n) is 8.84. The monoisotopic (exact) mass is 500 g/mol. The molecule has 0 aliphatic carbocycles. The second kappa shape index (κ2) is 11.0. The van der Waals surface area contributed by atoms with Gasteiger partial charge in [-0.25, -0.2) is 9.37 Å². The Morgan fingerprint density at radius 1 is 1.00 bits per heavy atom. The van der Waals surface area contributed by atoms with Crippen LogP contribution < -0.4 is 10.2 Å². The number of pyridine rings is 1. The molecule has 1 fully saturated rings. The van der Waals surface area contributed by atoms with E-state index in [0.717, 1.165) is 54.5 Å². The highest BCUT2D eigenvalue weighted by Crippen LogP contribution is 2.40. The summed E-state index contributed by atoms with van der Waals surface area (Å²) in [4.78, 5) is 23.4. The molecule has 2 aromatic heterocycles. The summed E-state index contributed by atoms with van der Waals surface area (Å²) in [5.74, 6) is 0.573. The predicted octanol–water partition coefficient (Wildman–Crippen LogP) is 6.01. The average molecular weight is 501 g/mol. The predicted molar refractivity (Wildman–Crippen MR) is 144 cm³/mol. The van der Waals surface area contributed by atoms with Crippen molar-refractivity contribution in [3.05, 3.63) is 112 Å². The molecule has 1 N–H and O–H groups in total. The number of aryl methyl sites for hydroxylation is 1. The van der Waals surface area contributed by atoms with Crippen molar-refractivity contribution >= 4 is 28.1 Å². The van der Waals surface area contributed by atoms with E-state index in [1.54, 1.807) is 23.5 Å². The third kappa shape index (κ3) is 5.32. The number of benzene rings is 2. The SMILES string of the molecule is CCc1cc([C@@H](c2cccc(F)c2)N2CCN(c3ccccn3)CC2)c(NC(=O)c2ccccc2)s1. The number of nitrogens with one attached hydrogen (secondary N) is 1. The van der Waals surface area contributed by atoms with Crippen LogP contribution in [0.1, 0.15) is 39.3 Å². The van der Waals surface area contributed by atoms with Gasteiger partial charge in [-0.3, -0.25) is 9.69 Å². The molecule has 5 rings (SSSR count). The normalized spacial score (nSPS) is 15.0. The fourth-order valence-electron chi connectivity index (χ4n) is 4.71. The van der Waals surface area contributed by atoms with Crippen LogP contribution in [0.4, 0.5) is 15.2 Å². The van der Waals surface area contributed by atoms with Gasteiger partial charge in [-0.1, -0.05) is 43.3 Å². The first kappa shape index (κ1) is 24.2. The first-order valence-electron chi connectivity index (χ1n) is 12.3. The van der Waals surface area contributed by atoms with Gasteiger partial charge in [0.2, 0.25) is 0 Å². The minimum absolute atomic E-state index is 0.140. The van der Waals surface area contributed by atoms with E-state index in [9.17, 15) is 9.18 Å². The number of hydrogen-bond donors (Lipinski definition) is 1. The highest BCUT2D eigenvalue weighted by atomic mass is 32.1. The van der Waals surface area contributed by atoms with Crippen LogP contribution in [0, 0.1) is 5.82 Å². The molecular formula is C29H29FN4OS. The molecule has 1 atom stereocenters. The molecule has 0 bridgehead atoms. The van der Waals surface area contributed by atoms with E-state index in [-0.39, 0.29) is 17.8 Å². The highest BCUT2D eigenvalue weighted by molar-refractivity contribution is 7.16. The summed E-state index contributed by atoms with van der Waals surface area (Å²) in [7, 11) is 0. The molecule has 1 saturated heterocycles. The maximum Gasteiger partial charge on any atom is 0.256 e. The Morgan fingerprint density at radius 3 is 2.47 bits per heavy atom. The van der Waals surface area contributed by atoms with Crippen LogP contribution in [-0.4, -0.2) is 42.0 Å². The Hall–Kier alpha value is -3.55. The second-order valence-corrected chi connectivity index (χ2v) is 9.98. The van der Waals surface area contributed by atoms with E-state index < -0.39 is 0 Å². The van der Waals surface area contributed by atoms with Crippen molar-refractivity contribution in [2.45, 2.75) is 19.4 Å². The van der Waals surface area contributed by atoms with E-state index in [1.165, 1.54) is 10.9 Å². The van der Waals surface area contributed by atoms with Crippen LogP contribution in [-0.2, 0) is 6.42 Å². The lowest BCUT2D eigenvalue weighted by atomic mass is 9.97. The fraction of sp³-hybridized carbons (Fsp3) is 0.241. The minimum atomic E-state index is -0.259. The first-order valence-corrected chi connectivity index (χ1v) is 13.1. The Labute approximate surface area is 215 Å². The van der Waals surface area contributed by atoms with E-state index >= 15 is 0 Å². The number of halogens is 1. The lowest BCUT2D eigenvalue weighted by Crippen LogP contribution is -2.48. The molecule has 2 aromatic carbocycles. The van der Waals surface area contributed by atoms with Crippen molar-refractivity contribution in [3.63, 3.8) is 0 Å². The number of rotatable bonds is 7. The van der Waals surface area contributed by atoms with Gasteiger partial charge in [-0.05, 0) is 54.4 Å². The zero-order valence-electron chi connectivity index (χ0n) is 20.2. The van der Waals surface area contributed by atoms with Gasteiger partial charge >= 0.3 is 0 Å². The van der Waals surface area contributed by atoms with E-state index in [1.807, 2.05) is 60.8 Å². The van der Waals surface area contributed by atoms with Crippen LogP contribution in [0.25, 0.3) is 0 Å². The molecule has 0 saturated carbocycles. The molecule has 0 radical (unpaired) electrons. The van der Waals surface area contributed by atoms with Crippen molar-refractivity contribution in [2.24, 2.45) is 0 Å². The van der Waals surface area contributed by atoms with Crippen molar-refractivity contribution < 1.29 is 9.18 Å². The van der Waals surface area contributed by atoms with Crippen molar-refractivity contribution in [3.8, 4) is 0 Å². The Balaban J connectivity index is 1.47. The summed E-state index contributed by atoms with van der Waals surface area (Å²) in [6.45, 7) is 5.34.